The predicted octanol–water partition coefficient (Wildman–Crippen LogP) is -1.99. The van der Waals surface area contributed by atoms with E-state index in [0.717, 1.165) is 0 Å². The predicted molar refractivity (Wildman–Crippen MR) is 63.6 cm³/mol. The van der Waals surface area contributed by atoms with E-state index < -0.39 is 23.7 Å². The molecule has 98 valence electrons. The molecule has 6 heteroatoms. The van der Waals surface area contributed by atoms with Gasteiger partial charge in [0, 0.05) is 0 Å². The molecule has 1 atom stereocenters. The number of hydrogen-bond acceptors (Lipinski definition) is 4. The van der Waals surface area contributed by atoms with Crippen LogP contribution in [0.1, 0.15) is 32.4 Å². The number of ether oxygens (including phenoxy) is 1. The molecule has 0 aliphatic carbocycles. The summed E-state index contributed by atoms with van der Waals surface area (Å²) in [6.07, 6.45) is -0.791. The van der Waals surface area contributed by atoms with Gasteiger partial charge in [0.15, 0.2) is 0 Å². The molecule has 1 unspecified atom stereocenters. The van der Waals surface area contributed by atoms with Gasteiger partial charge in [0.25, 0.3) is 0 Å². The second-order valence-electron chi connectivity index (χ2n) is 4.81. The Balaban J connectivity index is 0.00000324. The molecule has 0 radical (unpaired) electrons. The van der Waals surface area contributed by atoms with Gasteiger partial charge >= 0.3 is 25.0 Å². The molecule has 0 saturated heterocycles. The Bertz CT molecular complexity index is 428. The minimum absolute atomic E-state index is 0. The molecule has 1 N–H and O–H groups in total. The zero-order valence-corrected chi connectivity index (χ0v) is 11.6. The SMILES string of the molecule is CC(C)(C)OC(=O)NC(C(=O)[O-])c1ccccc1.[Li+]. The van der Waals surface area contributed by atoms with Crippen molar-refractivity contribution in [3.8, 4) is 0 Å². The zero-order valence-electron chi connectivity index (χ0n) is 11.6. The maximum absolute atomic E-state index is 11.5. The van der Waals surface area contributed by atoms with Gasteiger partial charge in [-0.25, -0.2) is 4.79 Å². The molecular weight excluding hydrogens is 241 g/mol. The van der Waals surface area contributed by atoms with E-state index in [0.29, 0.717) is 5.56 Å². The summed E-state index contributed by atoms with van der Waals surface area (Å²) >= 11 is 0. The van der Waals surface area contributed by atoms with Gasteiger partial charge in [-0.05, 0) is 26.3 Å². The van der Waals surface area contributed by atoms with Gasteiger partial charge in [-0.2, -0.15) is 0 Å². The Labute approximate surface area is 124 Å². The van der Waals surface area contributed by atoms with E-state index in [1.165, 1.54) is 0 Å². The number of aliphatic carboxylic acids is 1. The summed E-state index contributed by atoms with van der Waals surface area (Å²) in [5.41, 5.74) is -0.250. The summed E-state index contributed by atoms with van der Waals surface area (Å²) in [6, 6.07) is 7.09. The normalized spacial score (nSPS) is 11.9. The number of carboxylic acids is 1. The van der Waals surface area contributed by atoms with Crippen molar-refractivity contribution < 1.29 is 38.3 Å². The maximum Gasteiger partial charge on any atom is 1.00 e. The van der Waals surface area contributed by atoms with Gasteiger partial charge in [0.1, 0.15) is 5.60 Å². The van der Waals surface area contributed by atoms with E-state index in [1.807, 2.05) is 0 Å². The average Bonchev–Trinajstić information content (AvgIpc) is 2.24. The molecule has 1 aromatic carbocycles. The minimum atomic E-state index is -1.38. The first-order valence-corrected chi connectivity index (χ1v) is 5.55. The molecular formula is C13H16LiNO4. The molecule has 0 fully saturated rings. The Morgan fingerprint density at radius 2 is 1.74 bits per heavy atom. The Kier molecular flexibility index (Phi) is 6.67. The van der Waals surface area contributed by atoms with Gasteiger partial charge in [0.05, 0.1) is 12.0 Å². The van der Waals surface area contributed by atoms with Crippen LogP contribution >= 0.6 is 0 Å². The summed E-state index contributed by atoms with van der Waals surface area (Å²) in [6.45, 7) is 5.09. The van der Waals surface area contributed by atoms with E-state index in [1.54, 1.807) is 51.1 Å². The first-order chi connectivity index (χ1) is 8.29. The first kappa shape index (κ1) is 17.6. The Morgan fingerprint density at radius 1 is 1.21 bits per heavy atom. The number of amides is 1. The summed E-state index contributed by atoms with van der Waals surface area (Å²) in [4.78, 5) is 22.5. The van der Waals surface area contributed by atoms with E-state index >= 15 is 0 Å². The second-order valence-corrected chi connectivity index (χ2v) is 4.81. The number of carbonyl (C=O) groups is 2. The van der Waals surface area contributed by atoms with Crippen LogP contribution in [-0.4, -0.2) is 17.7 Å². The standard InChI is InChI=1S/C13H17NO4.Li/c1-13(2,3)18-12(17)14-10(11(15)16)9-7-5-4-6-8-9;/h4-8,10H,1-3H3,(H,14,17)(H,15,16);/q;+1/p-1. The fraction of sp³-hybridized carbons (Fsp3) is 0.385. The van der Waals surface area contributed by atoms with Crippen molar-refractivity contribution in [1.29, 1.82) is 0 Å². The van der Waals surface area contributed by atoms with Crippen LogP contribution in [0.25, 0.3) is 0 Å². The number of hydrogen-bond donors (Lipinski definition) is 1. The number of nitrogens with one attached hydrogen (secondary N) is 1. The van der Waals surface area contributed by atoms with Crippen molar-refractivity contribution in [3.05, 3.63) is 35.9 Å². The summed E-state index contributed by atoms with van der Waals surface area (Å²) < 4.78 is 5.00. The quantitative estimate of drug-likeness (QED) is 0.636. The van der Waals surface area contributed by atoms with Crippen LogP contribution in [0.4, 0.5) is 4.79 Å². The third-order valence-electron chi connectivity index (χ3n) is 2.03. The summed E-state index contributed by atoms with van der Waals surface area (Å²) in [5, 5.41) is 13.3. The van der Waals surface area contributed by atoms with Crippen LogP contribution in [0.2, 0.25) is 0 Å². The van der Waals surface area contributed by atoms with Gasteiger partial charge < -0.3 is 20.0 Å². The van der Waals surface area contributed by atoms with Crippen molar-refractivity contribution in [2.45, 2.75) is 32.4 Å². The van der Waals surface area contributed by atoms with Crippen LogP contribution in [-0.2, 0) is 9.53 Å². The van der Waals surface area contributed by atoms with E-state index in [4.69, 9.17) is 4.74 Å². The molecule has 0 heterocycles. The van der Waals surface area contributed by atoms with Crippen LogP contribution in [0.3, 0.4) is 0 Å². The molecule has 19 heavy (non-hydrogen) atoms. The number of alkyl carbamates (subject to hydrolysis) is 1. The fourth-order valence-electron chi connectivity index (χ4n) is 1.35. The fourth-order valence-corrected chi connectivity index (χ4v) is 1.35. The smallest absolute Gasteiger partial charge is 0.548 e. The summed E-state index contributed by atoms with van der Waals surface area (Å²) in [5.74, 6) is -1.38. The van der Waals surface area contributed by atoms with E-state index in [-0.39, 0.29) is 18.9 Å². The number of carboxylic acid groups (broad SMARTS) is 1. The molecule has 0 spiro atoms. The molecule has 1 rings (SSSR count). The van der Waals surface area contributed by atoms with E-state index in [9.17, 15) is 14.7 Å². The minimum Gasteiger partial charge on any atom is -0.548 e. The Morgan fingerprint density at radius 3 is 2.16 bits per heavy atom. The van der Waals surface area contributed by atoms with Gasteiger partial charge in [-0.3, -0.25) is 0 Å². The second kappa shape index (κ2) is 7.22. The molecule has 0 aliphatic heterocycles. The Hall–Kier alpha value is -1.44. The number of carbonyl (C=O) groups excluding carboxylic acids is 2. The number of rotatable bonds is 3. The van der Waals surface area contributed by atoms with Crippen LogP contribution in [0, 0.1) is 0 Å². The zero-order chi connectivity index (χ0) is 13.8. The maximum atomic E-state index is 11.5. The van der Waals surface area contributed by atoms with Crippen molar-refractivity contribution in [2.24, 2.45) is 0 Å². The topological polar surface area (TPSA) is 78.5 Å². The number of benzene rings is 1. The third kappa shape index (κ3) is 6.32. The van der Waals surface area contributed by atoms with Crippen LogP contribution < -0.4 is 29.3 Å². The van der Waals surface area contributed by atoms with E-state index in [2.05, 4.69) is 5.32 Å². The molecule has 1 aromatic rings. The first-order valence-electron chi connectivity index (χ1n) is 5.55. The van der Waals surface area contributed by atoms with Crippen molar-refractivity contribution >= 4 is 12.1 Å². The van der Waals surface area contributed by atoms with Gasteiger partial charge in [-0.1, -0.05) is 30.3 Å². The largest absolute Gasteiger partial charge is 1.00 e. The molecule has 0 aliphatic rings. The van der Waals surface area contributed by atoms with Crippen LogP contribution in [0.15, 0.2) is 30.3 Å². The van der Waals surface area contributed by atoms with Gasteiger partial charge in [-0.15, -0.1) is 0 Å². The molecule has 5 nitrogen and oxygen atoms in total. The molecule has 0 saturated carbocycles. The van der Waals surface area contributed by atoms with Crippen LogP contribution in [0.5, 0.6) is 0 Å². The monoisotopic (exact) mass is 257 g/mol. The van der Waals surface area contributed by atoms with Crippen molar-refractivity contribution in [3.63, 3.8) is 0 Å². The van der Waals surface area contributed by atoms with Crippen molar-refractivity contribution in [2.75, 3.05) is 0 Å². The molecule has 0 aromatic heterocycles. The average molecular weight is 257 g/mol. The molecule has 1 amide bonds. The molecule has 0 bridgehead atoms. The summed E-state index contributed by atoms with van der Waals surface area (Å²) in [7, 11) is 0. The van der Waals surface area contributed by atoms with Gasteiger partial charge in [0.2, 0.25) is 0 Å². The van der Waals surface area contributed by atoms with Crippen molar-refractivity contribution in [1.82, 2.24) is 5.32 Å². The third-order valence-corrected chi connectivity index (χ3v) is 2.03.